The maximum Gasteiger partial charge on any atom is 0.120 e. The van der Waals surface area contributed by atoms with Gasteiger partial charge in [-0.15, -0.1) is 0 Å². The zero-order chi connectivity index (χ0) is 14.3. The Labute approximate surface area is 120 Å². The van der Waals surface area contributed by atoms with E-state index >= 15 is 0 Å². The van der Waals surface area contributed by atoms with Crippen molar-refractivity contribution >= 4 is 17.2 Å². The third-order valence-electron chi connectivity index (χ3n) is 2.79. The highest BCUT2D eigenvalue weighted by Gasteiger charge is 2.03. The van der Waals surface area contributed by atoms with Gasteiger partial charge in [0.2, 0.25) is 0 Å². The topological polar surface area (TPSA) is 58.7 Å². The van der Waals surface area contributed by atoms with Gasteiger partial charge in [0, 0.05) is 18.7 Å². The van der Waals surface area contributed by atoms with Crippen LogP contribution in [0.15, 0.2) is 24.3 Å². The van der Waals surface area contributed by atoms with E-state index in [2.05, 4.69) is 4.90 Å². The van der Waals surface area contributed by atoms with Gasteiger partial charge in [0.1, 0.15) is 17.3 Å². The van der Waals surface area contributed by atoms with E-state index in [4.69, 9.17) is 22.7 Å². The van der Waals surface area contributed by atoms with Crippen molar-refractivity contribution in [3.63, 3.8) is 0 Å². The molecule has 106 valence electrons. The number of rotatable bonds is 8. The first kappa shape index (κ1) is 15.9. The smallest absolute Gasteiger partial charge is 0.120 e. The third-order valence-corrected chi connectivity index (χ3v) is 3.02. The van der Waals surface area contributed by atoms with E-state index in [0.29, 0.717) is 11.6 Å². The van der Waals surface area contributed by atoms with Gasteiger partial charge in [0.05, 0.1) is 6.10 Å². The molecule has 0 fully saturated rings. The van der Waals surface area contributed by atoms with Crippen molar-refractivity contribution in [2.75, 3.05) is 26.7 Å². The van der Waals surface area contributed by atoms with Gasteiger partial charge in [-0.2, -0.15) is 0 Å². The average molecular weight is 282 g/mol. The highest BCUT2D eigenvalue weighted by molar-refractivity contribution is 7.80. The van der Waals surface area contributed by atoms with E-state index in [0.717, 1.165) is 30.8 Å². The van der Waals surface area contributed by atoms with E-state index < -0.39 is 0 Å². The number of nitrogens with two attached hydrogens (primary N) is 1. The Bertz CT molecular complexity index is 410. The number of aliphatic hydroxyl groups is 1. The molecule has 19 heavy (non-hydrogen) atoms. The summed E-state index contributed by atoms with van der Waals surface area (Å²) in [7, 11) is 2.01. The zero-order valence-electron chi connectivity index (χ0n) is 11.5. The van der Waals surface area contributed by atoms with Gasteiger partial charge < -0.3 is 20.5 Å². The van der Waals surface area contributed by atoms with Crippen LogP contribution in [0, 0.1) is 0 Å². The van der Waals surface area contributed by atoms with Crippen LogP contribution in [0.25, 0.3) is 0 Å². The Morgan fingerprint density at radius 1 is 1.47 bits per heavy atom. The fourth-order valence-electron chi connectivity index (χ4n) is 1.58. The molecule has 0 spiro atoms. The molecule has 1 aromatic carbocycles. The summed E-state index contributed by atoms with van der Waals surface area (Å²) in [6.45, 7) is 4.06. The molecular weight excluding hydrogens is 260 g/mol. The fourth-order valence-corrected chi connectivity index (χ4v) is 1.70. The van der Waals surface area contributed by atoms with Crippen molar-refractivity contribution in [2.24, 2.45) is 5.73 Å². The Morgan fingerprint density at radius 3 is 2.84 bits per heavy atom. The van der Waals surface area contributed by atoms with Crippen LogP contribution in [-0.4, -0.2) is 47.8 Å². The molecule has 0 amide bonds. The summed E-state index contributed by atoms with van der Waals surface area (Å²) in [5.41, 5.74) is 6.39. The van der Waals surface area contributed by atoms with Crippen molar-refractivity contribution in [1.29, 1.82) is 0 Å². The van der Waals surface area contributed by atoms with E-state index in [-0.39, 0.29) is 6.10 Å². The normalized spacial score (nSPS) is 12.4. The van der Waals surface area contributed by atoms with Crippen molar-refractivity contribution in [3.05, 3.63) is 29.8 Å². The van der Waals surface area contributed by atoms with Crippen LogP contribution in [0.5, 0.6) is 5.75 Å². The summed E-state index contributed by atoms with van der Waals surface area (Å²) < 4.78 is 5.65. The number of thiocarbonyl (C=S) groups is 1. The minimum atomic E-state index is -0.259. The van der Waals surface area contributed by atoms with Gasteiger partial charge in [0.25, 0.3) is 0 Å². The standard InChI is InChI=1S/C14H22N2O2S/c1-11(17)6-7-16(2)8-9-18-13-5-3-4-12(10-13)14(15)19/h3-5,10-11,17H,6-9H2,1-2H3,(H2,15,19). The molecule has 0 radical (unpaired) electrons. The molecule has 1 atom stereocenters. The third kappa shape index (κ3) is 6.52. The Hall–Kier alpha value is -1.17. The highest BCUT2D eigenvalue weighted by Crippen LogP contribution is 2.13. The van der Waals surface area contributed by atoms with Crippen molar-refractivity contribution in [2.45, 2.75) is 19.4 Å². The van der Waals surface area contributed by atoms with E-state index in [1.54, 1.807) is 6.92 Å². The van der Waals surface area contributed by atoms with Gasteiger partial charge in [-0.25, -0.2) is 0 Å². The summed E-state index contributed by atoms with van der Waals surface area (Å²) in [4.78, 5) is 2.50. The van der Waals surface area contributed by atoms with Crippen LogP contribution < -0.4 is 10.5 Å². The van der Waals surface area contributed by atoms with Gasteiger partial charge in [0.15, 0.2) is 0 Å². The van der Waals surface area contributed by atoms with Gasteiger partial charge in [-0.1, -0.05) is 24.4 Å². The van der Waals surface area contributed by atoms with Crippen LogP contribution in [0.2, 0.25) is 0 Å². The minimum Gasteiger partial charge on any atom is -0.492 e. The molecule has 0 heterocycles. The molecule has 1 aromatic rings. The van der Waals surface area contributed by atoms with Gasteiger partial charge in [-0.3, -0.25) is 0 Å². The lowest BCUT2D eigenvalue weighted by Crippen LogP contribution is -2.27. The molecule has 0 bridgehead atoms. The highest BCUT2D eigenvalue weighted by atomic mass is 32.1. The molecule has 0 aliphatic rings. The van der Waals surface area contributed by atoms with Gasteiger partial charge in [-0.05, 0) is 32.5 Å². The molecule has 0 saturated heterocycles. The zero-order valence-corrected chi connectivity index (χ0v) is 12.3. The fraction of sp³-hybridized carbons (Fsp3) is 0.500. The van der Waals surface area contributed by atoms with Crippen LogP contribution in [0.4, 0.5) is 0 Å². The maximum absolute atomic E-state index is 9.21. The number of aliphatic hydroxyl groups excluding tert-OH is 1. The minimum absolute atomic E-state index is 0.259. The lowest BCUT2D eigenvalue weighted by Gasteiger charge is -2.17. The molecule has 1 unspecified atom stereocenters. The van der Waals surface area contributed by atoms with Crippen LogP contribution in [-0.2, 0) is 0 Å². The first-order chi connectivity index (χ1) is 8.99. The summed E-state index contributed by atoms with van der Waals surface area (Å²) in [5, 5.41) is 9.21. The lowest BCUT2D eigenvalue weighted by atomic mass is 10.2. The Kier molecular flexibility index (Phi) is 6.77. The number of nitrogens with zero attached hydrogens (tertiary/aromatic N) is 1. The van der Waals surface area contributed by atoms with Crippen molar-refractivity contribution in [3.8, 4) is 5.75 Å². The Balaban J connectivity index is 2.32. The van der Waals surface area contributed by atoms with Crippen LogP contribution >= 0.6 is 12.2 Å². The monoisotopic (exact) mass is 282 g/mol. The Morgan fingerprint density at radius 2 is 2.21 bits per heavy atom. The largest absolute Gasteiger partial charge is 0.492 e. The molecular formula is C14H22N2O2S. The van der Waals surface area contributed by atoms with Gasteiger partial charge >= 0.3 is 0 Å². The average Bonchev–Trinajstić information content (AvgIpc) is 2.36. The molecule has 0 aromatic heterocycles. The SMILES string of the molecule is CC(O)CCN(C)CCOc1cccc(C(N)=S)c1. The van der Waals surface area contributed by atoms with E-state index in [1.807, 2.05) is 31.3 Å². The predicted octanol–water partition coefficient (Wildman–Crippen LogP) is 1.40. The quantitative estimate of drug-likeness (QED) is 0.706. The van der Waals surface area contributed by atoms with Crippen molar-refractivity contribution < 1.29 is 9.84 Å². The molecule has 1 rings (SSSR count). The van der Waals surface area contributed by atoms with E-state index in [9.17, 15) is 5.11 Å². The number of ether oxygens (including phenoxy) is 1. The number of benzene rings is 1. The molecule has 0 aliphatic carbocycles. The number of hydrogen-bond donors (Lipinski definition) is 2. The second kappa shape index (κ2) is 8.09. The first-order valence-corrected chi connectivity index (χ1v) is 6.79. The lowest BCUT2D eigenvalue weighted by molar-refractivity contribution is 0.157. The maximum atomic E-state index is 9.21. The predicted molar refractivity (Wildman–Crippen MR) is 81.6 cm³/mol. The summed E-state index contributed by atoms with van der Waals surface area (Å²) >= 11 is 4.92. The summed E-state index contributed by atoms with van der Waals surface area (Å²) in [6.07, 6.45) is 0.513. The molecule has 0 saturated carbocycles. The number of hydrogen-bond acceptors (Lipinski definition) is 4. The van der Waals surface area contributed by atoms with Crippen LogP contribution in [0.3, 0.4) is 0 Å². The van der Waals surface area contributed by atoms with E-state index in [1.165, 1.54) is 0 Å². The second-order valence-corrected chi connectivity index (χ2v) is 5.12. The number of likely N-dealkylation sites (N-methyl/N-ethyl adjacent to an activating group) is 1. The summed E-state index contributed by atoms with van der Waals surface area (Å²) in [6, 6.07) is 7.47. The second-order valence-electron chi connectivity index (χ2n) is 4.68. The first-order valence-electron chi connectivity index (χ1n) is 6.38. The molecule has 3 N–H and O–H groups in total. The summed E-state index contributed by atoms with van der Waals surface area (Å²) in [5.74, 6) is 0.772. The van der Waals surface area contributed by atoms with Crippen LogP contribution in [0.1, 0.15) is 18.9 Å². The van der Waals surface area contributed by atoms with Crippen molar-refractivity contribution in [1.82, 2.24) is 4.90 Å². The molecule has 5 heteroatoms. The molecule has 4 nitrogen and oxygen atoms in total. The molecule has 0 aliphatic heterocycles.